The third-order valence-corrected chi connectivity index (χ3v) is 1.85. The summed E-state index contributed by atoms with van der Waals surface area (Å²) >= 11 is 5.68. The van der Waals surface area contributed by atoms with E-state index in [9.17, 15) is 9.90 Å². The molecule has 0 saturated heterocycles. The topological polar surface area (TPSA) is 49.3 Å². The SMILES string of the molecule is [2H]C([2H])([2H])C([2H])(O)C([2H])([2H])NC(=O)Cc1ccc(Cl)cc1. The Morgan fingerprint density at radius 1 is 1.73 bits per heavy atom. The van der Waals surface area contributed by atoms with Crippen LogP contribution >= 0.6 is 11.6 Å². The monoisotopic (exact) mass is 233 g/mol. The van der Waals surface area contributed by atoms with Gasteiger partial charge in [-0.25, -0.2) is 0 Å². The Morgan fingerprint density at radius 3 is 3.00 bits per heavy atom. The molecular weight excluding hydrogens is 214 g/mol. The molecule has 0 aromatic heterocycles. The van der Waals surface area contributed by atoms with Crippen LogP contribution in [-0.4, -0.2) is 23.6 Å². The van der Waals surface area contributed by atoms with Crippen molar-refractivity contribution in [1.82, 2.24) is 5.32 Å². The average molecular weight is 234 g/mol. The maximum Gasteiger partial charge on any atom is 0.224 e. The van der Waals surface area contributed by atoms with Gasteiger partial charge in [-0.05, 0) is 24.5 Å². The van der Waals surface area contributed by atoms with E-state index >= 15 is 0 Å². The van der Waals surface area contributed by atoms with E-state index in [2.05, 4.69) is 0 Å². The fraction of sp³-hybridized carbons (Fsp3) is 0.364. The van der Waals surface area contributed by atoms with Crippen LogP contribution < -0.4 is 5.32 Å². The van der Waals surface area contributed by atoms with E-state index in [1.807, 2.05) is 0 Å². The minimum Gasteiger partial charge on any atom is -0.392 e. The maximum atomic E-state index is 11.7. The molecule has 2 N–H and O–H groups in total. The molecule has 15 heavy (non-hydrogen) atoms. The number of halogens is 1. The summed E-state index contributed by atoms with van der Waals surface area (Å²) in [5.41, 5.74) is 0.523. The van der Waals surface area contributed by atoms with Crippen molar-refractivity contribution < 1.29 is 18.1 Å². The van der Waals surface area contributed by atoms with Gasteiger partial charge in [0.15, 0.2) is 0 Å². The third-order valence-electron chi connectivity index (χ3n) is 1.60. The first kappa shape index (κ1) is 5.87. The maximum absolute atomic E-state index is 11.7. The van der Waals surface area contributed by atoms with E-state index in [1.54, 1.807) is 29.6 Å². The van der Waals surface area contributed by atoms with E-state index in [0.29, 0.717) is 10.6 Å². The number of carbonyl (C=O) groups excluding carboxylic acids is 1. The molecule has 0 bridgehead atoms. The van der Waals surface area contributed by atoms with Crippen molar-refractivity contribution in [3.05, 3.63) is 34.9 Å². The molecule has 1 atom stereocenters. The number of carbonyl (C=O) groups is 1. The minimum absolute atomic E-state index is 0.242. The smallest absolute Gasteiger partial charge is 0.224 e. The van der Waals surface area contributed by atoms with Gasteiger partial charge < -0.3 is 10.4 Å². The molecule has 0 aliphatic carbocycles. The number of hydrogen-bond acceptors (Lipinski definition) is 2. The lowest BCUT2D eigenvalue weighted by Crippen LogP contribution is -2.31. The van der Waals surface area contributed by atoms with Crippen LogP contribution in [0.2, 0.25) is 5.02 Å². The molecule has 0 heterocycles. The summed E-state index contributed by atoms with van der Waals surface area (Å²) < 4.78 is 43.0. The van der Waals surface area contributed by atoms with Crippen molar-refractivity contribution in [1.29, 1.82) is 0 Å². The summed E-state index contributed by atoms with van der Waals surface area (Å²) in [6.45, 7) is -6.45. The predicted octanol–water partition coefficient (Wildman–Crippen LogP) is 1.38. The first-order chi connectivity index (χ1) is 9.37. The zero-order valence-electron chi connectivity index (χ0n) is 13.7. The highest BCUT2D eigenvalue weighted by atomic mass is 35.5. The van der Waals surface area contributed by atoms with Crippen LogP contribution in [0.4, 0.5) is 0 Å². The molecule has 82 valence electrons. The summed E-state index contributed by atoms with van der Waals surface area (Å²) in [6.07, 6.45) is -3.70. The van der Waals surface area contributed by atoms with Gasteiger partial charge in [-0.1, -0.05) is 23.7 Å². The third kappa shape index (κ3) is 4.81. The highest BCUT2D eigenvalue weighted by Crippen LogP contribution is 2.09. The predicted molar refractivity (Wildman–Crippen MR) is 59.8 cm³/mol. The van der Waals surface area contributed by atoms with Crippen LogP contribution in [0, 0.1) is 0 Å². The van der Waals surface area contributed by atoms with Crippen LogP contribution in [-0.2, 0) is 11.2 Å². The quantitative estimate of drug-likeness (QED) is 0.826. The molecule has 0 radical (unpaired) electrons. The second-order valence-corrected chi connectivity index (χ2v) is 3.26. The van der Waals surface area contributed by atoms with E-state index in [-0.39, 0.29) is 6.42 Å². The van der Waals surface area contributed by atoms with Gasteiger partial charge in [0.2, 0.25) is 5.91 Å². The fourth-order valence-corrected chi connectivity index (χ4v) is 1.09. The van der Waals surface area contributed by atoms with Gasteiger partial charge in [0.25, 0.3) is 0 Å². The molecule has 4 heteroatoms. The van der Waals surface area contributed by atoms with Crippen LogP contribution in [0.1, 0.15) is 20.6 Å². The summed E-state index contributed by atoms with van der Waals surface area (Å²) in [5.74, 6) is -0.864. The lowest BCUT2D eigenvalue weighted by Gasteiger charge is -2.06. The molecule has 0 spiro atoms. The summed E-state index contributed by atoms with van der Waals surface area (Å²) in [6, 6.07) is 6.19. The fourth-order valence-electron chi connectivity index (χ4n) is 0.961. The number of rotatable bonds is 4. The minimum atomic E-state index is -3.46. The number of nitrogens with one attached hydrogen (secondary N) is 1. The van der Waals surface area contributed by atoms with Gasteiger partial charge in [0.05, 0.1) is 16.6 Å². The number of hydrogen-bond donors (Lipinski definition) is 2. The van der Waals surface area contributed by atoms with Crippen molar-refractivity contribution in [2.75, 3.05) is 6.50 Å². The van der Waals surface area contributed by atoms with Gasteiger partial charge >= 0.3 is 0 Å². The normalized spacial score (nSPS) is 22.0. The first-order valence-electron chi connectivity index (χ1n) is 7.15. The highest BCUT2D eigenvalue weighted by molar-refractivity contribution is 6.30. The second kappa shape index (κ2) is 5.73. The standard InChI is InChI=1S/C11H14ClNO2/c1-8(14)7-13-11(15)6-9-2-4-10(12)5-3-9/h2-5,8,14H,6-7H2,1H3,(H,13,15)/i1D3,7D2,8D. The Balaban J connectivity index is 2.79. The highest BCUT2D eigenvalue weighted by Gasteiger charge is 2.04. The first-order valence-corrected chi connectivity index (χ1v) is 4.52. The lowest BCUT2D eigenvalue weighted by molar-refractivity contribution is -0.120. The van der Waals surface area contributed by atoms with Crippen LogP contribution in [0.15, 0.2) is 24.3 Å². The number of aliphatic hydroxyl groups is 1. The summed E-state index contributed by atoms with van der Waals surface area (Å²) in [7, 11) is 0. The van der Waals surface area contributed by atoms with Gasteiger partial charge in [-0.15, -0.1) is 0 Å². The van der Waals surface area contributed by atoms with Gasteiger partial charge in [0.1, 0.15) is 0 Å². The van der Waals surface area contributed by atoms with Crippen molar-refractivity contribution in [2.24, 2.45) is 0 Å². The molecule has 1 unspecified atom stereocenters. The molecule has 1 rings (SSSR count). The number of amides is 1. The Hall–Kier alpha value is -1.06. The Labute approximate surface area is 102 Å². The van der Waals surface area contributed by atoms with Crippen molar-refractivity contribution in [3.8, 4) is 0 Å². The van der Waals surface area contributed by atoms with Gasteiger partial charge in [0, 0.05) is 15.6 Å². The molecule has 0 aliphatic heterocycles. The Morgan fingerprint density at radius 2 is 2.40 bits per heavy atom. The Kier molecular flexibility index (Phi) is 2.24. The van der Waals surface area contributed by atoms with Crippen molar-refractivity contribution >= 4 is 17.5 Å². The van der Waals surface area contributed by atoms with Gasteiger partial charge in [-0.2, -0.15) is 0 Å². The molecule has 0 aliphatic rings. The molecule has 0 saturated carbocycles. The van der Waals surface area contributed by atoms with Crippen LogP contribution in [0.5, 0.6) is 0 Å². The molecule has 1 amide bonds. The average Bonchev–Trinajstić information content (AvgIpc) is 2.29. The lowest BCUT2D eigenvalue weighted by atomic mass is 10.1. The molecular formula is C11H14ClNO2. The number of benzene rings is 1. The molecule has 1 aromatic rings. The Bertz CT molecular complexity index is 514. The summed E-state index contributed by atoms with van der Waals surface area (Å²) in [5, 5.41) is 11.7. The van der Waals surface area contributed by atoms with E-state index in [0.717, 1.165) is 0 Å². The van der Waals surface area contributed by atoms with Crippen molar-refractivity contribution in [3.63, 3.8) is 0 Å². The van der Waals surface area contributed by atoms with E-state index in [4.69, 9.17) is 19.8 Å². The zero-order valence-corrected chi connectivity index (χ0v) is 8.51. The molecule has 1 aromatic carbocycles. The largest absolute Gasteiger partial charge is 0.392 e. The van der Waals surface area contributed by atoms with Crippen molar-refractivity contribution in [2.45, 2.75) is 19.4 Å². The molecule has 0 fully saturated rings. The van der Waals surface area contributed by atoms with E-state index < -0.39 is 25.3 Å². The second-order valence-electron chi connectivity index (χ2n) is 2.83. The molecule has 3 nitrogen and oxygen atoms in total. The van der Waals surface area contributed by atoms with Crippen LogP contribution in [0.3, 0.4) is 0 Å². The van der Waals surface area contributed by atoms with Crippen LogP contribution in [0.25, 0.3) is 0 Å². The zero-order chi connectivity index (χ0) is 16.5. The summed E-state index contributed by atoms with van der Waals surface area (Å²) in [4.78, 5) is 11.7. The van der Waals surface area contributed by atoms with Gasteiger partial charge in [-0.3, -0.25) is 4.79 Å². The van der Waals surface area contributed by atoms with E-state index in [1.165, 1.54) is 0 Å².